The Labute approximate surface area is 105 Å². The van der Waals surface area contributed by atoms with E-state index in [9.17, 15) is 0 Å². The monoisotopic (exact) mass is 245 g/mol. The highest BCUT2D eigenvalue weighted by atomic mass is 32.1. The minimum atomic E-state index is 0.925. The highest BCUT2D eigenvalue weighted by Gasteiger charge is 2.19. The van der Waals surface area contributed by atoms with Gasteiger partial charge in [0, 0.05) is 24.5 Å². The van der Waals surface area contributed by atoms with E-state index in [1.807, 2.05) is 23.5 Å². The Morgan fingerprint density at radius 1 is 1.18 bits per heavy atom. The summed E-state index contributed by atoms with van der Waals surface area (Å²) in [5, 5.41) is 2.19. The maximum atomic E-state index is 5.17. The van der Waals surface area contributed by atoms with Crippen molar-refractivity contribution in [2.24, 2.45) is 0 Å². The van der Waals surface area contributed by atoms with Crippen LogP contribution in [0.25, 0.3) is 0 Å². The molecule has 3 heteroatoms. The van der Waals surface area contributed by atoms with E-state index in [1.165, 1.54) is 16.0 Å². The maximum absolute atomic E-state index is 5.17. The maximum Gasteiger partial charge on any atom is 0.118 e. The Bertz CT molecular complexity index is 483. The van der Waals surface area contributed by atoms with Crippen molar-refractivity contribution in [3.05, 3.63) is 51.7 Å². The Morgan fingerprint density at radius 3 is 2.71 bits per heavy atom. The van der Waals surface area contributed by atoms with Crippen molar-refractivity contribution in [3.63, 3.8) is 0 Å². The molecule has 1 aliphatic heterocycles. The second-order valence-corrected chi connectivity index (χ2v) is 5.36. The fourth-order valence-electron chi connectivity index (χ4n) is 2.25. The van der Waals surface area contributed by atoms with E-state index in [0.717, 1.165) is 25.4 Å². The zero-order chi connectivity index (χ0) is 11.7. The quantitative estimate of drug-likeness (QED) is 0.823. The zero-order valence-electron chi connectivity index (χ0n) is 9.85. The molecule has 3 rings (SSSR count). The van der Waals surface area contributed by atoms with Crippen LogP contribution in [0.3, 0.4) is 0 Å². The van der Waals surface area contributed by atoms with E-state index >= 15 is 0 Å². The molecule has 2 nitrogen and oxygen atoms in total. The molecular formula is C14H15NOS. The van der Waals surface area contributed by atoms with Gasteiger partial charge in [0.05, 0.1) is 7.11 Å². The molecular weight excluding hydrogens is 230 g/mol. The summed E-state index contributed by atoms with van der Waals surface area (Å²) in [6, 6.07) is 10.6. The minimum Gasteiger partial charge on any atom is -0.497 e. The fourth-order valence-corrected chi connectivity index (χ4v) is 3.19. The largest absolute Gasteiger partial charge is 0.497 e. The molecule has 2 aromatic rings. The molecule has 0 N–H and O–H groups in total. The first-order chi connectivity index (χ1) is 8.35. The lowest BCUT2D eigenvalue weighted by Gasteiger charge is -2.15. The van der Waals surface area contributed by atoms with Gasteiger partial charge in [-0.1, -0.05) is 12.1 Å². The van der Waals surface area contributed by atoms with Crippen LogP contribution in [0.2, 0.25) is 0 Å². The number of fused-ring (bicyclic) bond motifs is 1. The van der Waals surface area contributed by atoms with Crippen LogP contribution in [-0.2, 0) is 19.6 Å². The van der Waals surface area contributed by atoms with E-state index < -0.39 is 0 Å². The van der Waals surface area contributed by atoms with Crippen molar-refractivity contribution in [1.82, 2.24) is 4.90 Å². The van der Waals surface area contributed by atoms with Crippen molar-refractivity contribution in [3.8, 4) is 5.75 Å². The van der Waals surface area contributed by atoms with Crippen molar-refractivity contribution >= 4 is 11.3 Å². The minimum absolute atomic E-state index is 0.925. The smallest absolute Gasteiger partial charge is 0.118 e. The first-order valence-corrected chi connectivity index (χ1v) is 6.63. The Kier molecular flexibility index (Phi) is 2.87. The predicted molar refractivity (Wildman–Crippen MR) is 70.3 cm³/mol. The van der Waals surface area contributed by atoms with E-state index in [2.05, 4.69) is 28.5 Å². The van der Waals surface area contributed by atoms with E-state index in [-0.39, 0.29) is 0 Å². The van der Waals surface area contributed by atoms with Gasteiger partial charge in [-0.05, 0) is 34.7 Å². The molecule has 1 aromatic carbocycles. The third-order valence-corrected chi connectivity index (χ3v) is 4.11. The average Bonchev–Trinajstić information content (AvgIpc) is 2.90. The van der Waals surface area contributed by atoms with Gasteiger partial charge in [-0.2, -0.15) is 0 Å². The van der Waals surface area contributed by atoms with Crippen LogP contribution in [0, 0.1) is 0 Å². The van der Waals surface area contributed by atoms with Crippen molar-refractivity contribution in [2.75, 3.05) is 7.11 Å². The van der Waals surface area contributed by atoms with Crippen molar-refractivity contribution in [2.45, 2.75) is 19.6 Å². The Morgan fingerprint density at radius 2 is 2.00 bits per heavy atom. The van der Waals surface area contributed by atoms with Crippen LogP contribution in [0.5, 0.6) is 5.75 Å². The van der Waals surface area contributed by atoms with E-state index in [1.54, 1.807) is 7.11 Å². The van der Waals surface area contributed by atoms with Gasteiger partial charge in [0.15, 0.2) is 0 Å². The standard InChI is InChI=1S/C14H15NOS/c1-16-13-4-2-11(3-5-13)8-15-9-12-6-7-17-14(12)10-15/h2-7H,8-10H2,1H3. The van der Waals surface area contributed by atoms with Crippen LogP contribution in [0.15, 0.2) is 35.7 Å². The molecule has 0 bridgehead atoms. The topological polar surface area (TPSA) is 12.5 Å². The van der Waals surface area contributed by atoms with E-state index in [4.69, 9.17) is 4.74 Å². The Balaban J connectivity index is 1.66. The lowest BCUT2D eigenvalue weighted by Crippen LogP contribution is -2.15. The first kappa shape index (κ1) is 10.8. The van der Waals surface area contributed by atoms with Crippen LogP contribution in [-0.4, -0.2) is 12.0 Å². The second kappa shape index (κ2) is 4.51. The number of ether oxygens (including phenoxy) is 1. The number of methoxy groups -OCH3 is 1. The Hall–Kier alpha value is -1.32. The number of nitrogens with zero attached hydrogens (tertiary/aromatic N) is 1. The van der Waals surface area contributed by atoms with E-state index in [0.29, 0.717) is 0 Å². The molecule has 0 unspecified atom stereocenters. The molecule has 88 valence electrons. The van der Waals surface area contributed by atoms with Crippen LogP contribution < -0.4 is 4.74 Å². The lowest BCUT2D eigenvalue weighted by molar-refractivity contribution is 0.276. The van der Waals surface area contributed by atoms with Crippen LogP contribution in [0.1, 0.15) is 16.0 Å². The van der Waals surface area contributed by atoms with Gasteiger partial charge in [0.25, 0.3) is 0 Å². The fraction of sp³-hybridized carbons (Fsp3) is 0.286. The first-order valence-electron chi connectivity index (χ1n) is 5.75. The molecule has 0 fully saturated rings. The molecule has 1 aliphatic rings. The molecule has 0 aliphatic carbocycles. The number of hydrogen-bond donors (Lipinski definition) is 0. The zero-order valence-corrected chi connectivity index (χ0v) is 10.7. The van der Waals surface area contributed by atoms with Crippen molar-refractivity contribution < 1.29 is 4.74 Å². The SMILES string of the molecule is COc1ccc(CN2Cc3ccsc3C2)cc1. The molecule has 0 spiro atoms. The van der Waals surface area contributed by atoms with Gasteiger partial charge in [0.1, 0.15) is 5.75 Å². The number of benzene rings is 1. The van der Waals surface area contributed by atoms with Crippen molar-refractivity contribution in [1.29, 1.82) is 0 Å². The van der Waals surface area contributed by atoms with Crippen LogP contribution >= 0.6 is 11.3 Å². The van der Waals surface area contributed by atoms with Gasteiger partial charge in [-0.3, -0.25) is 4.90 Å². The summed E-state index contributed by atoms with van der Waals surface area (Å²) in [5.74, 6) is 0.925. The number of hydrogen-bond acceptors (Lipinski definition) is 3. The van der Waals surface area contributed by atoms with Gasteiger partial charge >= 0.3 is 0 Å². The van der Waals surface area contributed by atoms with Crippen LogP contribution in [0.4, 0.5) is 0 Å². The summed E-state index contributed by atoms with van der Waals surface area (Å²) in [4.78, 5) is 4.00. The molecule has 0 radical (unpaired) electrons. The summed E-state index contributed by atoms with van der Waals surface area (Å²) in [6.07, 6.45) is 0. The predicted octanol–water partition coefficient (Wildman–Crippen LogP) is 3.27. The molecule has 0 saturated heterocycles. The molecule has 0 amide bonds. The summed E-state index contributed by atoms with van der Waals surface area (Å²) < 4.78 is 5.17. The highest BCUT2D eigenvalue weighted by molar-refractivity contribution is 7.10. The molecule has 1 aromatic heterocycles. The highest BCUT2D eigenvalue weighted by Crippen LogP contribution is 2.28. The number of rotatable bonds is 3. The second-order valence-electron chi connectivity index (χ2n) is 4.36. The molecule has 0 saturated carbocycles. The summed E-state index contributed by atoms with van der Waals surface area (Å²) in [7, 11) is 1.70. The van der Waals surface area contributed by atoms with Gasteiger partial charge < -0.3 is 4.74 Å². The molecule has 17 heavy (non-hydrogen) atoms. The number of thiophene rings is 1. The van der Waals surface area contributed by atoms with Gasteiger partial charge in [0.2, 0.25) is 0 Å². The third kappa shape index (κ3) is 2.21. The average molecular weight is 245 g/mol. The summed E-state index contributed by atoms with van der Waals surface area (Å²) in [5.41, 5.74) is 2.85. The third-order valence-electron chi connectivity index (χ3n) is 3.16. The normalized spacial score (nSPS) is 14.9. The summed E-state index contributed by atoms with van der Waals surface area (Å²) >= 11 is 1.87. The van der Waals surface area contributed by atoms with Gasteiger partial charge in [-0.25, -0.2) is 0 Å². The molecule has 0 atom stereocenters. The molecule has 2 heterocycles. The van der Waals surface area contributed by atoms with Gasteiger partial charge in [-0.15, -0.1) is 11.3 Å². The lowest BCUT2D eigenvalue weighted by atomic mass is 10.2. The summed E-state index contributed by atoms with van der Waals surface area (Å²) in [6.45, 7) is 3.20.